The van der Waals surface area contributed by atoms with Gasteiger partial charge in [0.15, 0.2) is 0 Å². The zero-order valence-corrected chi connectivity index (χ0v) is 10.6. The second-order valence-corrected chi connectivity index (χ2v) is 4.38. The molecule has 0 spiro atoms. The average Bonchev–Trinajstić information content (AvgIpc) is 2.40. The van der Waals surface area contributed by atoms with Gasteiger partial charge in [0.2, 0.25) is 0 Å². The molecule has 19 heavy (non-hydrogen) atoms. The Kier molecular flexibility index (Phi) is 4.12. The lowest BCUT2D eigenvalue weighted by atomic mass is 10.1. The summed E-state index contributed by atoms with van der Waals surface area (Å²) in [4.78, 5) is 0. The first-order valence-corrected chi connectivity index (χ1v) is 5.98. The van der Waals surface area contributed by atoms with E-state index >= 15 is 0 Å². The number of hydrogen-bond donors (Lipinski definition) is 1. The minimum Gasteiger partial charge on any atom is -0.489 e. The summed E-state index contributed by atoms with van der Waals surface area (Å²) in [5, 5.41) is 0. The highest BCUT2D eigenvalue weighted by Crippen LogP contribution is 2.18. The van der Waals surface area contributed by atoms with Crippen LogP contribution in [0.3, 0.4) is 0 Å². The third kappa shape index (κ3) is 3.51. The lowest BCUT2D eigenvalue weighted by Gasteiger charge is -2.09. The minimum absolute atomic E-state index is 0.0128. The van der Waals surface area contributed by atoms with Gasteiger partial charge in [0, 0.05) is 11.6 Å². The van der Waals surface area contributed by atoms with Crippen molar-refractivity contribution < 1.29 is 13.5 Å². The van der Waals surface area contributed by atoms with E-state index in [2.05, 4.69) is 0 Å². The van der Waals surface area contributed by atoms with Gasteiger partial charge >= 0.3 is 0 Å². The van der Waals surface area contributed by atoms with Gasteiger partial charge in [-0.05, 0) is 42.8 Å². The molecule has 0 saturated heterocycles. The molecule has 0 amide bonds. The number of hydrogen-bond acceptors (Lipinski definition) is 2. The van der Waals surface area contributed by atoms with Gasteiger partial charge in [0.25, 0.3) is 0 Å². The number of ether oxygens (including phenoxy) is 1. The zero-order chi connectivity index (χ0) is 13.8. The number of halogens is 2. The molecule has 2 rings (SSSR count). The molecule has 100 valence electrons. The topological polar surface area (TPSA) is 35.2 Å². The molecule has 0 aliphatic heterocycles. The fourth-order valence-corrected chi connectivity index (χ4v) is 1.68. The van der Waals surface area contributed by atoms with Gasteiger partial charge < -0.3 is 10.5 Å². The van der Waals surface area contributed by atoms with Crippen molar-refractivity contribution in [3.8, 4) is 5.75 Å². The van der Waals surface area contributed by atoms with Crippen LogP contribution in [0.15, 0.2) is 42.5 Å². The third-order valence-corrected chi connectivity index (χ3v) is 2.81. The fraction of sp³-hybridized carbons (Fsp3) is 0.200. The van der Waals surface area contributed by atoms with Gasteiger partial charge in [0.05, 0.1) is 0 Å². The summed E-state index contributed by atoms with van der Waals surface area (Å²) in [6.07, 6.45) is 0. The van der Waals surface area contributed by atoms with Gasteiger partial charge in [-0.1, -0.05) is 12.1 Å². The number of nitrogens with two attached hydrogens (primary N) is 1. The van der Waals surface area contributed by atoms with Gasteiger partial charge in [-0.25, -0.2) is 8.78 Å². The number of rotatable bonds is 4. The average molecular weight is 263 g/mol. The van der Waals surface area contributed by atoms with E-state index in [0.717, 1.165) is 23.8 Å². The molecule has 2 aromatic carbocycles. The molecular weight excluding hydrogens is 248 g/mol. The quantitative estimate of drug-likeness (QED) is 0.915. The Morgan fingerprint density at radius 2 is 1.79 bits per heavy atom. The Balaban J connectivity index is 2.04. The largest absolute Gasteiger partial charge is 0.489 e. The monoisotopic (exact) mass is 263 g/mol. The van der Waals surface area contributed by atoms with Crippen molar-refractivity contribution in [2.45, 2.75) is 19.6 Å². The van der Waals surface area contributed by atoms with Crippen LogP contribution < -0.4 is 10.5 Å². The molecule has 0 aromatic heterocycles. The Bertz CT molecular complexity index is 553. The standard InChI is InChI=1S/C15H15F2NO/c1-10(18)11-2-5-14(6-3-11)19-9-12-8-13(16)4-7-15(12)17/h2-8,10H,9,18H2,1H3/t10-/m0/s1. The Morgan fingerprint density at radius 1 is 1.11 bits per heavy atom. The van der Waals surface area contributed by atoms with E-state index in [1.54, 1.807) is 12.1 Å². The van der Waals surface area contributed by atoms with E-state index in [-0.39, 0.29) is 18.2 Å². The maximum Gasteiger partial charge on any atom is 0.130 e. The first kappa shape index (κ1) is 13.5. The first-order chi connectivity index (χ1) is 9.06. The van der Waals surface area contributed by atoms with E-state index in [9.17, 15) is 8.78 Å². The summed E-state index contributed by atoms with van der Waals surface area (Å²) in [5.74, 6) is -0.367. The van der Waals surface area contributed by atoms with Gasteiger partial charge in [-0.15, -0.1) is 0 Å². The zero-order valence-electron chi connectivity index (χ0n) is 10.6. The van der Waals surface area contributed by atoms with Gasteiger partial charge in [-0.3, -0.25) is 0 Å². The van der Waals surface area contributed by atoms with Crippen molar-refractivity contribution in [2.75, 3.05) is 0 Å². The highest BCUT2D eigenvalue weighted by Gasteiger charge is 2.05. The van der Waals surface area contributed by atoms with Crippen LogP contribution in [0.1, 0.15) is 24.1 Å². The third-order valence-electron chi connectivity index (χ3n) is 2.81. The predicted molar refractivity (Wildman–Crippen MR) is 69.7 cm³/mol. The van der Waals surface area contributed by atoms with Gasteiger partial charge in [-0.2, -0.15) is 0 Å². The minimum atomic E-state index is -0.479. The van der Waals surface area contributed by atoms with Crippen molar-refractivity contribution in [1.29, 1.82) is 0 Å². The first-order valence-electron chi connectivity index (χ1n) is 5.98. The van der Waals surface area contributed by atoms with E-state index in [0.29, 0.717) is 5.75 Å². The van der Waals surface area contributed by atoms with Crippen molar-refractivity contribution in [1.82, 2.24) is 0 Å². The highest BCUT2D eigenvalue weighted by molar-refractivity contribution is 5.29. The molecular formula is C15H15F2NO. The molecule has 2 aromatic rings. The molecule has 4 heteroatoms. The van der Waals surface area contributed by atoms with Crippen molar-refractivity contribution in [3.63, 3.8) is 0 Å². The molecule has 0 bridgehead atoms. The number of benzene rings is 2. The summed E-state index contributed by atoms with van der Waals surface area (Å²) in [5.41, 5.74) is 6.91. The van der Waals surface area contributed by atoms with E-state index in [1.807, 2.05) is 19.1 Å². The molecule has 0 aliphatic rings. The maximum absolute atomic E-state index is 13.4. The van der Waals surface area contributed by atoms with E-state index in [1.165, 1.54) is 0 Å². The molecule has 2 N–H and O–H groups in total. The normalized spacial score (nSPS) is 12.2. The molecule has 0 saturated carbocycles. The Hall–Kier alpha value is -1.94. The molecule has 0 fully saturated rings. The molecule has 0 unspecified atom stereocenters. The van der Waals surface area contributed by atoms with Crippen LogP contribution in [0.25, 0.3) is 0 Å². The fourth-order valence-electron chi connectivity index (χ4n) is 1.68. The van der Waals surface area contributed by atoms with E-state index in [4.69, 9.17) is 10.5 Å². The smallest absolute Gasteiger partial charge is 0.130 e. The Morgan fingerprint density at radius 3 is 2.42 bits per heavy atom. The van der Waals surface area contributed by atoms with Crippen LogP contribution in [-0.2, 0) is 6.61 Å². The van der Waals surface area contributed by atoms with E-state index < -0.39 is 11.6 Å². The van der Waals surface area contributed by atoms with Crippen molar-refractivity contribution >= 4 is 0 Å². The molecule has 1 atom stereocenters. The molecule has 0 radical (unpaired) electrons. The summed E-state index contributed by atoms with van der Waals surface area (Å²) in [7, 11) is 0. The van der Waals surface area contributed by atoms with Crippen molar-refractivity contribution in [2.24, 2.45) is 5.73 Å². The summed E-state index contributed by atoms with van der Waals surface area (Å²) < 4.78 is 31.8. The van der Waals surface area contributed by atoms with Crippen LogP contribution in [0.2, 0.25) is 0 Å². The van der Waals surface area contributed by atoms with Crippen LogP contribution >= 0.6 is 0 Å². The second-order valence-electron chi connectivity index (χ2n) is 4.38. The Labute approximate surface area is 110 Å². The maximum atomic E-state index is 13.4. The highest BCUT2D eigenvalue weighted by atomic mass is 19.1. The summed E-state index contributed by atoms with van der Waals surface area (Å²) in [6, 6.07) is 10.5. The van der Waals surface area contributed by atoms with Crippen LogP contribution in [0.4, 0.5) is 8.78 Å². The predicted octanol–water partition coefficient (Wildman–Crippen LogP) is 3.56. The molecule has 0 aliphatic carbocycles. The van der Waals surface area contributed by atoms with Crippen LogP contribution in [0, 0.1) is 11.6 Å². The van der Waals surface area contributed by atoms with Crippen molar-refractivity contribution in [3.05, 3.63) is 65.2 Å². The SMILES string of the molecule is C[C@H](N)c1ccc(OCc2cc(F)ccc2F)cc1. The second kappa shape index (κ2) is 5.80. The lowest BCUT2D eigenvalue weighted by molar-refractivity contribution is 0.299. The van der Waals surface area contributed by atoms with Crippen LogP contribution in [-0.4, -0.2) is 0 Å². The molecule has 2 nitrogen and oxygen atoms in total. The molecule has 0 heterocycles. The van der Waals surface area contributed by atoms with Crippen LogP contribution in [0.5, 0.6) is 5.75 Å². The lowest BCUT2D eigenvalue weighted by Crippen LogP contribution is -2.04. The summed E-state index contributed by atoms with van der Waals surface area (Å²) >= 11 is 0. The summed E-state index contributed by atoms with van der Waals surface area (Å²) in [6.45, 7) is 1.87. The van der Waals surface area contributed by atoms with Gasteiger partial charge in [0.1, 0.15) is 24.0 Å².